The number of esters is 3. The molecule has 0 aromatic carbocycles. The van der Waals surface area contributed by atoms with Crippen LogP contribution in [0.15, 0.2) is 37.5 Å². The first-order valence-corrected chi connectivity index (χ1v) is 10.1. The molecule has 0 aliphatic carbocycles. The maximum absolute atomic E-state index is 10.8. The van der Waals surface area contributed by atoms with Crippen molar-refractivity contribution in [2.24, 2.45) is 5.92 Å². The standard InChI is InChI=1S/C11H20O2.C7H12O2.C5H8O2/c1-4-7-8-10(5-2)9-13-11(12)6-3;1-3-5-6-9-7(8)4-2;1-4(2)5(6)7-3/h6,10H,3-5,7-9H2,1-2H3;4H,2-3,5-6H2,1H3;1H2,2-3H3. The molecule has 0 aromatic heterocycles. The average molecular weight is 413 g/mol. The molecule has 29 heavy (non-hydrogen) atoms. The van der Waals surface area contributed by atoms with Crippen LogP contribution in [0.4, 0.5) is 0 Å². The van der Waals surface area contributed by atoms with Crippen LogP contribution in [0.3, 0.4) is 0 Å². The van der Waals surface area contributed by atoms with Crippen LogP contribution >= 0.6 is 0 Å². The fraction of sp³-hybridized carbons (Fsp3) is 0.609. The first kappa shape index (κ1) is 31.3. The average Bonchev–Trinajstić information content (AvgIpc) is 2.73. The van der Waals surface area contributed by atoms with E-state index in [2.05, 4.69) is 43.1 Å². The van der Waals surface area contributed by atoms with E-state index in [4.69, 9.17) is 4.74 Å². The predicted octanol–water partition coefficient (Wildman–Crippen LogP) is 5.18. The second kappa shape index (κ2) is 23.7. The Morgan fingerprint density at radius 2 is 1.45 bits per heavy atom. The monoisotopic (exact) mass is 412 g/mol. The highest BCUT2D eigenvalue weighted by Gasteiger charge is 2.07. The van der Waals surface area contributed by atoms with Crippen LogP contribution in [-0.2, 0) is 28.6 Å². The Morgan fingerprint density at radius 3 is 1.79 bits per heavy atom. The van der Waals surface area contributed by atoms with Gasteiger partial charge in [0.25, 0.3) is 0 Å². The van der Waals surface area contributed by atoms with Gasteiger partial charge in [-0.15, -0.1) is 0 Å². The number of unbranched alkanes of at least 4 members (excludes halogenated alkanes) is 2. The maximum atomic E-state index is 10.8. The summed E-state index contributed by atoms with van der Waals surface area (Å²) in [5, 5.41) is 0. The molecule has 0 saturated carbocycles. The molecule has 0 rings (SSSR count). The maximum Gasteiger partial charge on any atom is 0.332 e. The molecule has 0 heterocycles. The Bertz CT molecular complexity index is 482. The van der Waals surface area contributed by atoms with Gasteiger partial charge in [0.1, 0.15) is 0 Å². The van der Waals surface area contributed by atoms with Gasteiger partial charge < -0.3 is 14.2 Å². The molecule has 6 nitrogen and oxygen atoms in total. The number of ether oxygens (including phenoxy) is 3. The molecule has 0 saturated heterocycles. The molecule has 168 valence electrons. The quantitative estimate of drug-likeness (QED) is 0.190. The van der Waals surface area contributed by atoms with E-state index in [0.29, 0.717) is 24.7 Å². The van der Waals surface area contributed by atoms with Crippen molar-refractivity contribution < 1.29 is 28.6 Å². The van der Waals surface area contributed by atoms with Gasteiger partial charge in [0.05, 0.1) is 20.3 Å². The molecule has 0 N–H and O–H groups in total. The molecule has 0 aromatic rings. The first-order chi connectivity index (χ1) is 13.7. The smallest absolute Gasteiger partial charge is 0.332 e. The van der Waals surface area contributed by atoms with Gasteiger partial charge in [0, 0.05) is 17.7 Å². The summed E-state index contributed by atoms with van der Waals surface area (Å²) in [7, 11) is 1.33. The van der Waals surface area contributed by atoms with Crippen molar-refractivity contribution in [3.05, 3.63) is 37.5 Å². The van der Waals surface area contributed by atoms with Crippen molar-refractivity contribution in [3.63, 3.8) is 0 Å². The fourth-order valence-corrected chi connectivity index (χ4v) is 1.71. The van der Waals surface area contributed by atoms with Crippen LogP contribution in [0.25, 0.3) is 0 Å². The third-order valence-electron chi connectivity index (χ3n) is 3.61. The van der Waals surface area contributed by atoms with E-state index in [-0.39, 0.29) is 17.9 Å². The van der Waals surface area contributed by atoms with E-state index in [9.17, 15) is 14.4 Å². The van der Waals surface area contributed by atoms with E-state index in [1.165, 1.54) is 32.1 Å². The van der Waals surface area contributed by atoms with E-state index in [1.807, 2.05) is 6.92 Å². The topological polar surface area (TPSA) is 78.9 Å². The molecular formula is C23H40O6. The lowest BCUT2D eigenvalue weighted by Crippen LogP contribution is -2.12. The minimum Gasteiger partial charge on any atom is -0.466 e. The molecule has 0 fully saturated rings. The lowest BCUT2D eigenvalue weighted by atomic mass is 10.0. The molecular weight excluding hydrogens is 372 g/mol. The third kappa shape index (κ3) is 25.6. The van der Waals surface area contributed by atoms with Gasteiger partial charge >= 0.3 is 17.9 Å². The molecule has 6 heteroatoms. The van der Waals surface area contributed by atoms with Crippen LogP contribution in [0, 0.1) is 5.92 Å². The van der Waals surface area contributed by atoms with Crippen LogP contribution in [0.5, 0.6) is 0 Å². The zero-order chi connectivity index (χ0) is 23.1. The zero-order valence-corrected chi connectivity index (χ0v) is 19.0. The second-order valence-corrected chi connectivity index (χ2v) is 6.25. The fourth-order valence-electron chi connectivity index (χ4n) is 1.71. The Hall–Kier alpha value is -2.37. The summed E-state index contributed by atoms with van der Waals surface area (Å²) >= 11 is 0. The Kier molecular flexibility index (Phi) is 25.6. The highest BCUT2D eigenvalue weighted by Crippen LogP contribution is 2.12. The molecule has 1 atom stereocenters. The summed E-state index contributed by atoms with van der Waals surface area (Å²) in [6.45, 7) is 19.0. The van der Waals surface area contributed by atoms with Crippen molar-refractivity contribution in [2.75, 3.05) is 20.3 Å². The lowest BCUT2D eigenvalue weighted by Gasteiger charge is -2.13. The molecule has 0 radical (unpaired) electrons. The minimum atomic E-state index is -0.347. The normalized spacial score (nSPS) is 9.97. The summed E-state index contributed by atoms with van der Waals surface area (Å²) in [6, 6.07) is 0. The van der Waals surface area contributed by atoms with E-state index in [1.54, 1.807) is 6.92 Å². The first-order valence-electron chi connectivity index (χ1n) is 10.1. The van der Waals surface area contributed by atoms with Crippen LogP contribution in [0.1, 0.15) is 66.2 Å². The molecule has 1 unspecified atom stereocenters. The number of rotatable bonds is 12. The summed E-state index contributed by atoms with van der Waals surface area (Å²) < 4.78 is 13.9. The number of hydrogen-bond acceptors (Lipinski definition) is 6. The molecule has 0 aliphatic heterocycles. The number of carbonyl (C=O) groups is 3. The highest BCUT2D eigenvalue weighted by atomic mass is 16.5. The van der Waals surface area contributed by atoms with Crippen molar-refractivity contribution in [3.8, 4) is 0 Å². The Morgan fingerprint density at radius 1 is 0.931 bits per heavy atom. The Labute approximate surface area is 177 Å². The Balaban J connectivity index is -0.000000370. The van der Waals surface area contributed by atoms with Crippen LogP contribution < -0.4 is 0 Å². The van der Waals surface area contributed by atoms with Crippen molar-refractivity contribution in [1.82, 2.24) is 0 Å². The van der Waals surface area contributed by atoms with Gasteiger partial charge in [0.2, 0.25) is 0 Å². The summed E-state index contributed by atoms with van der Waals surface area (Å²) in [5.41, 5.74) is 0.433. The van der Waals surface area contributed by atoms with Crippen molar-refractivity contribution in [2.45, 2.75) is 66.2 Å². The third-order valence-corrected chi connectivity index (χ3v) is 3.61. The van der Waals surface area contributed by atoms with E-state index < -0.39 is 0 Å². The van der Waals surface area contributed by atoms with Crippen LogP contribution in [-0.4, -0.2) is 38.2 Å². The van der Waals surface area contributed by atoms with Gasteiger partial charge in [-0.3, -0.25) is 0 Å². The summed E-state index contributed by atoms with van der Waals surface area (Å²) in [6.07, 6.45) is 9.00. The zero-order valence-electron chi connectivity index (χ0n) is 19.0. The van der Waals surface area contributed by atoms with E-state index >= 15 is 0 Å². The van der Waals surface area contributed by atoms with Crippen molar-refractivity contribution in [1.29, 1.82) is 0 Å². The largest absolute Gasteiger partial charge is 0.466 e. The van der Waals surface area contributed by atoms with Crippen LogP contribution in [0.2, 0.25) is 0 Å². The number of methoxy groups -OCH3 is 1. The van der Waals surface area contributed by atoms with E-state index in [0.717, 1.165) is 25.7 Å². The van der Waals surface area contributed by atoms with Gasteiger partial charge in [0.15, 0.2) is 0 Å². The number of hydrogen-bond donors (Lipinski definition) is 0. The molecule has 0 aliphatic rings. The summed E-state index contributed by atoms with van der Waals surface area (Å²) in [5.74, 6) is -0.470. The van der Waals surface area contributed by atoms with Gasteiger partial charge in [-0.1, -0.05) is 66.2 Å². The van der Waals surface area contributed by atoms with Crippen molar-refractivity contribution >= 4 is 17.9 Å². The predicted molar refractivity (Wildman–Crippen MR) is 117 cm³/mol. The van der Waals surface area contributed by atoms with Gasteiger partial charge in [-0.25, -0.2) is 14.4 Å². The second-order valence-electron chi connectivity index (χ2n) is 6.25. The molecule has 0 spiro atoms. The SMILES string of the molecule is C=C(C)C(=O)OC.C=CC(=O)OCC(CC)CCCC.C=CC(=O)OCCCC. The number of carbonyl (C=O) groups excluding carboxylic acids is 3. The lowest BCUT2D eigenvalue weighted by molar-refractivity contribution is -0.139. The van der Waals surface area contributed by atoms with Gasteiger partial charge in [-0.2, -0.15) is 0 Å². The minimum absolute atomic E-state index is 0.310. The molecule has 0 amide bonds. The molecule has 0 bridgehead atoms. The highest BCUT2D eigenvalue weighted by molar-refractivity contribution is 5.86. The summed E-state index contributed by atoms with van der Waals surface area (Å²) in [4.78, 5) is 31.3. The van der Waals surface area contributed by atoms with Gasteiger partial charge in [-0.05, 0) is 25.7 Å².